The van der Waals surface area contributed by atoms with Crippen molar-refractivity contribution in [2.24, 2.45) is 0 Å². The van der Waals surface area contributed by atoms with Crippen LogP contribution in [0.1, 0.15) is 26.3 Å². The Bertz CT molecular complexity index is 457. The van der Waals surface area contributed by atoms with Crippen molar-refractivity contribution >= 4 is 22.1 Å². The lowest BCUT2D eigenvalue weighted by atomic mass is 10.2. The predicted octanol–water partition coefficient (Wildman–Crippen LogP) is 4.25. The fourth-order valence-corrected chi connectivity index (χ4v) is 1.65. The van der Waals surface area contributed by atoms with Crippen molar-refractivity contribution in [2.75, 3.05) is 13.3 Å². The van der Waals surface area contributed by atoms with Crippen LogP contribution in [-0.4, -0.2) is 25.0 Å². The third kappa shape index (κ3) is 6.34. The Labute approximate surface area is 126 Å². The Kier molecular flexibility index (Phi) is 6.42. The maximum atomic E-state index is 12.0. The van der Waals surface area contributed by atoms with Crippen LogP contribution in [0.3, 0.4) is 0 Å². The Balaban J connectivity index is 2.68. The molecule has 0 spiro atoms. The van der Waals surface area contributed by atoms with E-state index in [0.717, 1.165) is 5.56 Å². The lowest BCUT2D eigenvalue weighted by Crippen LogP contribution is -2.26. The lowest BCUT2D eigenvalue weighted by molar-refractivity contribution is 0.0204. The molecule has 1 rings (SSSR count). The van der Waals surface area contributed by atoms with Gasteiger partial charge >= 0.3 is 6.16 Å². The van der Waals surface area contributed by atoms with Crippen molar-refractivity contribution in [1.82, 2.24) is 0 Å². The first-order chi connectivity index (χ1) is 9.31. The van der Waals surface area contributed by atoms with Gasteiger partial charge in [-0.3, -0.25) is 0 Å². The van der Waals surface area contributed by atoms with Gasteiger partial charge in [-0.1, -0.05) is 6.07 Å². The van der Waals surface area contributed by atoms with E-state index in [0.29, 0.717) is 10.2 Å². The monoisotopic (exact) mass is 348 g/mol. The summed E-state index contributed by atoms with van der Waals surface area (Å²) in [7, 11) is 0. The standard InChI is InChI=1S/C14H18BrFO4/c1-14(2,3)20-13(17)19-12-8-10(4-5-11(12)15)9-18-7-6-16/h4-5,8H,6-7,9H2,1-3H3. The highest BCUT2D eigenvalue weighted by Gasteiger charge is 2.19. The average molecular weight is 349 g/mol. The highest BCUT2D eigenvalue weighted by Crippen LogP contribution is 2.27. The summed E-state index contributed by atoms with van der Waals surface area (Å²) in [4.78, 5) is 11.6. The molecular formula is C14H18BrFO4. The maximum absolute atomic E-state index is 12.0. The van der Waals surface area contributed by atoms with Crippen molar-refractivity contribution in [3.05, 3.63) is 28.2 Å². The molecule has 20 heavy (non-hydrogen) atoms. The van der Waals surface area contributed by atoms with Crippen LogP contribution in [0.25, 0.3) is 0 Å². The summed E-state index contributed by atoms with van der Waals surface area (Å²) in [6.07, 6.45) is -0.778. The summed E-state index contributed by atoms with van der Waals surface area (Å²) in [5.41, 5.74) is 0.158. The minimum absolute atomic E-state index is 0.0400. The van der Waals surface area contributed by atoms with Gasteiger partial charge in [0.15, 0.2) is 0 Å². The minimum atomic E-state index is -0.778. The molecule has 0 bridgehead atoms. The molecule has 0 N–H and O–H groups in total. The zero-order chi connectivity index (χ0) is 15.2. The molecule has 0 radical (unpaired) electrons. The summed E-state index contributed by atoms with van der Waals surface area (Å²) in [6, 6.07) is 5.17. The second-order valence-electron chi connectivity index (χ2n) is 5.07. The van der Waals surface area contributed by atoms with Gasteiger partial charge in [-0.25, -0.2) is 9.18 Å². The molecule has 0 aliphatic carbocycles. The van der Waals surface area contributed by atoms with Crippen LogP contribution in [0.2, 0.25) is 0 Å². The first-order valence-electron chi connectivity index (χ1n) is 6.15. The van der Waals surface area contributed by atoms with E-state index in [-0.39, 0.29) is 13.2 Å². The zero-order valence-corrected chi connectivity index (χ0v) is 13.3. The van der Waals surface area contributed by atoms with Crippen LogP contribution in [0, 0.1) is 0 Å². The van der Waals surface area contributed by atoms with E-state index < -0.39 is 18.4 Å². The number of rotatable bonds is 5. The Morgan fingerprint density at radius 2 is 2.05 bits per heavy atom. The second kappa shape index (κ2) is 7.59. The summed E-state index contributed by atoms with van der Waals surface area (Å²) >= 11 is 3.29. The van der Waals surface area contributed by atoms with E-state index in [1.165, 1.54) is 0 Å². The highest BCUT2D eigenvalue weighted by molar-refractivity contribution is 9.10. The van der Waals surface area contributed by atoms with Gasteiger partial charge in [-0.2, -0.15) is 0 Å². The van der Waals surface area contributed by atoms with Crippen molar-refractivity contribution in [1.29, 1.82) is 0 Å². The molecule has 0 heterocycles. The van der Waals surface area contributed by atoms with Gasteiger partial charge in [0.25, 0.3) is 0 Å². The molecule has 0 aromatic heterocycles. The number of hydrogen-bond donors (Lipinski definition) is 0. The van der Waals surface area contributed by atoms with Crippen LogP contribution >= 0.6 is 15.9 Å². The van der Waals surface area contributed by atoms with Gasteiger partial charge < -0.3 is 14.2 Å². The van der Waals surface area contributed by atoms with Gasteiger partial charge in [-0.05, 0) is 54.4 Å². The van der Waals surface area contributed by atoms with E-state index in [2.05, 4.69) is 15.9 Å². The predicted molar refractivity (Wildman–Crippen MR) is 76.6 cm³/mol. The zero-order valence-electron chi connectivity index (χ0n) is 11.7. The fourth-order valence-electron chi connectivity index (χ4n) is 1.32. The molecule has 4 nitrogen and oxygen atoms in total. The first kappa shape index (κ1) is 16.9. The third-order valence-electron chi connectivity index (χ3n) is 2.07. The highest BCUT2D eigenvalue weighted by atomic mass is 79.9. The topological polar surface area (TPSA) is 44.8 Å². The number of carbonyl (C=O) groups excluding carboxylic acids is 1. The van der Waals surface area contributed by atoms with Gasteiger partial charge in [-0.15, -0.1) is 0 Å². The molecule has 0 aliphatic rings. The van der Waals surface area contributed by atoms with Crippen molar-refractivity contribution in [2.45, 2.75) is 33.0 Å². The largest absolute Gasteiger partial charge is 0.514 e. The van der Waals surface area contributed by atoms with E-state index in [1.807, 2.05) is 0 Å². The van der Waals surface area contributed by atoms with Crippen molar-refractivity contribution in [3.8, 4) is 5.75 Å². The van der Waals surface area contributed by atoms with Crippen LogP contribution in [0.15, 0.2) is 22.7 Å². The van der Waals surface area contributed by atoms with E-state index in [1.54, 1.807) is 39.0 Å². The van der Waals surface area contributed by atoms with Gasteiger partial charge in [0.1, 0.15) is 18.0 Å². The van der Waals surface area contributed by atoms with Crippen molar-refractivity contribution < 1.29 is 23.4 Å². The molecule has 0 unspecified atom stereocenters. The quantitative estimate of drug-likeness (QED) is 0.453. The summed E-state index contributed by atoms with van der Waals surface area (Å²) < 4.78 is 27.9. The van der Waals surface area contributed by atoms with Crippen LogP contribution in [-0.2, 0) is 16.1 Å². The molecule has 1 aromatic rings. The number of alkyl halides is 1. The molecular weight excluding hydrogens is 331 g/mol. The fraction of sp³-hybridized carbons (Fsp3) is 0.500. The minimum Gasteiger partial charge on any atom is -0.428 e. The maximum Gasteiger partial charge on any atom is 0.514 e. The number of ether oxygens (including phenoxy) is 3. The average Bonchev–Trinajstić information content (AvgIpc) is 2.31. The number of carbonyl (C=O) groups is 1. The van der Waals surface area contributed by atoms with Crippen LogP contribution in [0.5, 0.6) is 5.75 Å². The third-order valence-corrected chi connectivity index (χ3v) is 2.72. The molecule has 0 saturated carbocycles. The number of hydrogen-bond acceptors (Lipinski definition) is 4. The summed E-state index contributed by atoms with van der Waals surface area (Å²) in [5.74, 6) is 0.334. The molecule has 6 heteroatoms. The molecule has 1 aromatic carbocycles. The van der Waals surface area contributed by atoms with E-state index in [9.17, 15) is 9.18 Å². The Morgan fingerprint density at radius 3 is 2.65 bits per heavy atom. The number of benzene rings is 1. The first-order valence-corrected chi connectivity index (χ1v) is 6.94. The molecule has 0 aliphatic heterocycles. The lowest BCUT2D eigenvalue weighted by Gasteiger charge is -2.19. The van der Waals surface area contributed by atoms with E-state index >= 15 is 0 Å². The molecule has 0 saturated heterocycles. The van der Waals surface area contributed by atoms with E-state index in [4.69, 9.17) is 14.2 Å². The molecule has 0 fully saturated rings. The van der Waals surface area contributed by atoms with Gasteiger partial charge in [0.05, 0.1) is 17.7 Å². The molecule has 112 valence electrons. The Morgan fingerprint density at radius 1 is 1.35 bits per heavy atom. The van der Waals surface area contributed by atoms with Gasteiger partial charge in [0.2, 0.25) is 0 Å². The van der Waals surface area contributed by atoms with Crippen LogP contribution in [0.4, 0.5) is 9.18 Å². The summed E-state index contributed by atoms with van der Waals surface area (Å²) in [5, 5.41) is 0. The van der Waals surface area contributed by atoms with Crippen LogP contribution < -0.4 is 4.74 Å². The molecule has 0 amide bonds. The van der Waals surface area contributed by atoms with Crippen molar-refractivity contribution in [3.63, 3.8) is 0 Å². The smallest absolute Gasteiger partial charge is 0.428 e. The normalized spacial score (nSPS) is 11.2. The van der Waals surface area contributed by atoms with Gasteiger partial charge in [0, 0.05) is 0 Å². The SMILES string of the molecule is CC(C)(C)OC(=O)Oc1cc(COCCF)ccc1Br. The Hall–Kier alpha value is -1.14. The summed E-state index contributed by atoms with van der Waals surface area (Å²) in [6.45, 7) is 5.03. The molecule has 0 atom stereocenters. The number of halogens is 2. The second-order valence-corrected chi connectivity index (χ2v) is 5.93.